The van der Waals surface area contributed by atoms with E-state index in [9.17, 15) is 9.90 Å². The number of hydrogen-bond acceptors (Lipinski definition) is 4. The molecule has 40 heavy (non-hydrogen) atoms. The summed E-state index contributed by atoms with van der Waals surface area (Å²) < 4.78 is 5.74. The average molecular weight is 571 g/mol. The van der Waals surface area contributed by atoms with Crippen LogP contribution in [0.25, 0.3) is 0 Å². The molecule has 5 nitrogen and oxygen atoms in total. The van der Waals surface area contributed by atoms with Crippen LogP contribution in [-0.4, -0.2) is 28.7 Å². The Hall–Kier alpha value is -2.34. The summed E-state index contributed by atoms with van der Waals surface area (Å²) in [6.45, 7) is 5.26. The second kappa shape index (κ2) is 22.4. The molecule has 1 unspecified atom stereocenters. The number of rotatable bonds is 23. The van der Waals surface area contributed by atoms with E-state index >= 15 is 0 Å². The first kappa shape index (κ1) is 33.9. The van der Waals surface area contributed by atoms with Crippen molar-refractivity contribution in [1.82, 2.24) is 5.32 Å². The summed E-state index contributed by atoms with van der Waals surface area (Å²) in [7, 11) is 0. The summed E-state index contributed by atoms with van der Waals surface area (Å²) >= 11 is 2.06. The Morgan fingerprint density at radius 1 is 0.750 bits per heavy atom. The zero-order chi connectivity index (χ0) is 28.7. The Morgan fingerprint density at radius 3 is 1.82 bits per heavy atom. The van der Waals surface area contributed by atoms with Crippen LogP contribution < -0.4 is 15.4 Å². The van der Waals surface area contributed by atoms with E-state index in [1.165, 1.54) is 96.3 Å². The number of thioether (sulfide) groups is 1. The minimum Gasteiger partial charge on any atom is -0.508 e. The molecule has 224 valence electrons. The van der Waals surface area contributed by atoms with E-state index in [2.05, 4.69) is 36.2 Å². The summed E-state index contributed by atoms with van der Waals surface area (Å²) in [5.74, 6) is 2.59. The predicted molar refractivity (Wildman–Crippen MR) is 173 cm³/mol. The Bertz CT molecular complexity index is 889. The maximum Gasteiger partial charge on any atom is 0.319 e. The molecule has 0 bridgehead atoms. The van der Waals surface area contributed by atoms with Crippen LogP contribution >= 0.6 is 11.8 Å². The van der Waals surface area contributed by atoms with Gasteiger partial charge in [-0.25, -0.2) is 4.79 Å². The van der Waals surface area contributed by atoms with Gasteiger partial charge in [0, 0.05) is 17.5 Å². The van der Waals surface area contributed by atoms with Gasteiger partial charge in [-0.15, -0.1) is 0 Å². The lowest BCUT2D eigenvalue weighted by molar-refractivity contribution is 0.252. The second-order valence-corrected chi connectivity index (χ2v) is 12.2. The van der Waals surface area contributed by atoms with Gasteiger partial charge in [-0.2, -0.15) is 11.8 Å². The lowest BCUT2D eigenvalue weighted by atomic mass is 10.0. The summed E-state index contributed by atoms with van der Waals surface area (Å²) in [5.41, 5.74) is 0.716. The molecule has 2 aromatic rings. The lowest BCUT2D eigenvalue weighted by Gasteiger charge is -2.14. The van der Waals surface area contributed by atoms with Crippen LogP contribution in [-0.2, 0) is 0 Å². The normalized spacial score (nSPS) is 11.8. The second-order valence-electron chi connectivity index (χ2n) is 10.8. The summed E-state index contributed by atoms with van der Waals surface area (Å²) in [6.07, 6.45) is 21.8. The number of nitrogens with one attached hydrogen (secondary N) is 2. The molecule has 2 amide bonds. The van der Waals surface area contributed by atoms with Crippen molar-refractivity contribution >= 4 is 23.5 Å². The fraction of sp³-hybridized carbons (Fsp3) is 0.618. The van der Waals surface area contributed by atoms with Gasteiger partial charge in [0.05, 0.1) is 0 Å². The van der Waals surface area contributed by atoms with Gasteiger partial charge < -0.3 is 20.5 Å². The minimum absolute atomic E-state index is 0.184. The number of anilines is 1. The first-order chi connectivity index (χ1) is 19.6. The minimum atomic E-state index is -0.184. The molecule has 0 aromatic heterocycles. The summed E-state index contributed by atoms with van der Waals surface area (Å²) in [6, 6.07) is 13.6. The summed E-state index contributed by atoms with van der Waals surface area (Å²) in [5, 5.41) is 15.9. The van der Waals surface area contributed by atoms with Gasteiger partial charge in [-0.05, 0) is 73.5 Å². The molecule has 0 aliphatic heterocycles. The van der Waals surface area contributed by atoms with Crippen molar-refractivity contribution in [3.8, 4) is 17.2 Å². The maximum atomic E-state index is 12.2. The molecule has 0 aliphatic carbocycles. The monoisotopic (exact) mass is 570 g/mol. The number of aromatic hydroxyl groups is 1. The van der Waals surface area contributed by atoms with E-state index < -0.39 is 0 Å². The highest BCUT2D eigenvalue weighted by Gasteiger charge is 2.07. The van der Waals surface area contributed by atoms with E-state index in [1.54, 1.807) is 36.4 Å². The number of carbonyl (C=O) groups excluding carboxylic acids is 1. The van der Waals surface area contributed by atoms with E-state index in [-0.39, 0.29) is 11.8 Å². The van der Waals surface area contributed by atoms with Crippen LogP contribution in [0.3, 0.4) is 0 Å². The van der Waals surface area contributed by atoms with E-state index in [0.717, 1.165) is 17.4 Å². The standard InChI is InChI=1S/C34H54N2O3S/c1-3-5-6-7-8-9-10-11-12-13-14-15-16-18-33(4-2)40-28-17-27-35-34(38)36-29-19-23-31(24-20-29)39-32-25-21-30(37)22-26-32/h19-26,33,37H,3-18,27-28H2,1-2H3,(H2,35,36,38). The first-order valence-electron chi connectivity index (χ1n) is 15.8. The van der Waals surface area contributed by atoms with Crippen LogP contribution in [0.1, 0.15) is 117 Å². The number of phenols is 1. The topological polar surface area (TPSA) is 70.6 Å². The number of benzene rings is 2. The maximum absolute atomic E-state index is 12.2. The predicted octanol–water partition coefficient (Wildman–Crippen LogP) is 10.7. The van der Waals surface area contributed by atoms with Crippen molar-refractivity contribution in [3.05, 3.63) is 48.5 Å². The highest BCUT2D eigenvalue weighted by atomic mass is 32.2. The molecule has 0 fully saturated rings. The third-order valence-electron chi connectivity index (χ3n) is 7.23. The molecule has 3 N–H and O–H groups in total. The van der Waals surface area contributed by atoms with Crippen molar-refractivity contribution in [2.45, 2.75) is 122 Å². The van der Waals surface area contributed by atoms with Crippen LogP contribution in [0.2, 0.25) is 0 Å². The largest absolute Gasteiger partial charge is 0.508 e. The molecule has 0 heterocycles. The molecule has 0 saturated carbocycles. The van der Waals surface area contributed by atoms with E-state index in [0.29, 0.717) is 23.7 Å². The fourth-order valence-corrected chi connectivity index (χ4v) is 5.96. The Labute approximate surface area is 248 Å². The highest BCUT2D eigenvalue weighted by Crippen LogP contribution is 2.25. The molecule has 6 heteroatoms. The molecule has 2 aromatic carbocycles. The highest BCUT2D eigenvalue weighted by molar-refractivity contribution is 7.99. The van der Waals surface area contributed by atoms with Crippen LogP contribution in [0.5, 0.6) is 17.2 Å². The number of carbonyl (C=O) groups is 1. The van der Waals surface area contributed by atoms with Gasteiger partial charge in [0.15, 0.2) is 0 Å². The zero-order valence-corrected chi connectivity index (χ0v) is 25.9. The lowest BCUT2D eigenvalue weighted by Crippen LogP contribution is -2.29. The molecule has 1 atom stereocenters. The number of amides is 2. The molecule has 2 rings (SSSR count). The van der Waals surface area contributed by atoms with Gasteiger partial charge in [0.25, 0.3) is 0 Å². The third-order valence-corrected chi connectivity index (χ3v) is 8.79. The fourth-order valence-electron chi connectivity index (χ4n) is 4.75. The van der Waals surface area contributed by atoms with Crippen molar-refractivity contribution in [1.29, 1.82) is 0 Å². The Morgan fingerprint density at radius 2 is 1.27 bits per heavy atom. The average Bonchev–Trinajstić information content (AvgIpc) is 2.96. The zero-order valence-electron chi connectivity index (χ0n) is 25.1. The number of phenolic OH excluding ortho intramolecular Hbond substituents is 1. The first-order valence-corrected chi connectivity index (χ1v) is 16.9. The van der Waals surface area contributed by atoms with Gasteiger partial charge >= 0.3 is 6.03 Å². The smallest absolute Gasteiger partial charge is 0.319 e. The summed E-state index contributed by atoms with van der Waals surface area (Å²) in [4.78, 5) is 12.2. The Kier molecular flexibility index (Phi) is 18.9. The molecule has 0 radical (unpaired) electrons. The third kappa shape index (κ3) is 16.7. The van der Waals surface area contributed by atoms with Crippen LogP contribution in [0.4, 0.5) is 10.5 Å². The molecule has 0 saturated heterocycles. The number of ether oxygens (including phenoxy) is 1. The number of urea groups is 1. The van der Waals surface area contributed by atoms with E-state index in [1.807, 2.05) is 12.1 Å². The molecular formula is C34H54N2O3S. The van der Waals surface area contributed by atoms with Crippen molar-refractivity contribution in [3.63, 3.8) is 0 Å². The molecular weight excluding hydrogens is 516 g/mol. The molecule has 0 aliphatic rings. The van der Waals surface area contributed by atoms with Gasteiger partial charge in [0.2, 0.25) is 0 Å². The van der Waals surface area contributed by atoms with E-state index in [4.69, 9.17) is 4.74 Å². The number of unbranched alkanes of at least 4 members (excludes halogenated alkanes) is 12. The van der Waals surface area contributed by atoms with Crippen molar-refractivity contribution in [2.24, 2.45) is 0 Å². The van der Waals surface area contributed by atoms with Crippen molar-refractivity contribution in [2.75, 3.05) is 17.6 Å². The van der Waals surface area contributed by atoms with Crippen LogP contribution in [0.15, 0.2) is 48.5 Å². The van der Waals surface area contributed by atoms with Crippen molar-refractivity contribution < 1.29 is 14.6 Å². The molecule has 0 spiro atoms. The van der Waals surface area contributed by atoms with Gasteiger partial charge in [-0.1, -0.05) is 97.3 Å². The van der Waals surface area contributed by atoms with Crippen LogP contribution in [0, 0.1) is 0 Å². The Balaban J connectivity index is 1.43. The van der Waals surface area contributed by atoms with Gasteiger partial charge in [0.1, 0.15) is 17.2 Å². The SMILES string of the molecule is CCCCCCCCCCCCCCCC(CC)SCCCNC(=O)Nc1ccc(Oc2ccc(O)cc2)cc1. The number of hydrogen-bond donors (Lipinski definition) is 3. The quantitative estimate of drug-likeness (QED) is 0.116. The van der Waals surface area contributed by atoms with Gasteiger partial charge in [-0.3, -0.25) is 0 Å².